The summed E-state index contributed by atoms with van der Waals surface area (Å²) >= 11 is 11.7. The first kappa shape index (κ1) is 9.37. The van der Waals surface area contributed by atoms with Crippen LogP contribution in [0.1, 0.15) is 0 Å². The van der Waals surface area contributed by atoms with E-state index >= 15 is 0 Å². The number of furan rings is 1. The van der Waals surface area contributed by atoms with Gasteiger partial charge < -0.3 is 10.2 Å². The maximum absolute atomic E-state index is 5.95. The third-order valence-corrected chi connectivity index (χ3v) is 2.34. The number of nitrogens with zero attached hydrogens (tertiary/aromatic N) is 1. The van der Waals surface area contributed by atoms with Crippen molar-refractivity contribution in [3.8, 4) is 11.3 Å². The number of hydrogen-bond donors (Lipinski definition) is 1. The number of anilines is 1. The van der Waals surface area contributed by atoms with Gasteiger partial charge in [0.2, 0.25) is 0 Å². The van der Waals surface area contributed by atoms with Gasteiger partial charge in [0.1, 0.15) is 5.82 Å². The van der Waals surface area contributed by atoms with Gasteiger partial charge in [-0.15, -0.1) is 0 Å². The zero-order valence-corrected chi connectivity index (χ0v) is 8.51. The van der Waals surface area contributed by atoms with Gasteiger partial charge in [0.05, 0.1) is 28.3 Å². The molecule has 14 heavy (non-hydrogen) atoms. The molecule has 0 radical (unpaired) electrons. The molecule has 0 aliphatic heterocycles. The number of halogens is 2. The van der Waals surface area contributed by atoms with Gasteiger partial charge >= 0.3 is 0 Å². The zero-order chi connectivity index (χ0) is 10.1. The van der Waals surface area contributed by atoms with Crippen molar-refractivity contribution in [2.45, 2.75) is 0 Å². The third-order valence-electron chi connectivity index (χ3n) is 1.75. The van der Waals surface area contributed by atoms with Gasteiger partial charge in [0.15, 0.2) is 0 Å². The molecule has 0 bridgehead atoms. The van der Waals surface area contributed by atoms with Gasteiger partial charge in [-0.05, 0) is 12.1 Å². The van der Waals surface area contributed by atoms with E-state index in [2.05, 4.69) is 4.98 Å². The number of aromatic nitrogens is 1. The standard InChI is InChI=1S/C9H6Cl2N2O/c10-6-3-7(11)9(12)13-8(6)5-1-2-14-4-5/h1-4H,(H2,12,13). The second-order valence-corrected chi connectivity index (χ2v) is 3.51. The Morgan fingerprint density at radius 1 is 1.29 bits per heavy atom. The van der Waals surface area contributed by atoms with Crippen molar-refractivity contribution in [3.63, 3.8) is 0 Å². The van der Waals surface area contributed by atoms with E-state index in [-0.39, 0.29) is 5.82 Å². The van der Waals surface area contributed by atoms with Crippen molar-refractivity contribution in [3.05, 3.63) is 34.7 Å². The van der Waals surface area contributed by atoms with E-state index in [1.165, 1.54) is 6.26 Å². The molecule has 0 aliphatic rings. The number of hydrogen-bond acceptors (Lipinski definition) is 3. The van der Waals surface area contributed by atoms with Crippen molar-refractivity contribution >= 4 is 29.0 Å². The molecule has 0 amide bonds. The number of rotatable bonds is 1. The van der Waals surface area contributed by atoms with Crippen molar-refractivity contribution in [2.75, 3.05) is 5.73 Å². The molecule has 2 rings (SSSR count). The molecular formula is C9H6Cl2N2O. The highest BCUT2D eigenvalue weighted by Crippen LogP contribution is 2.31. The van der Waals surface area contributed by atoms with E-state index in [4.69, 9.17) is 33.4 Å². The average molecular weight is 229 g/mol. The molecule has 0 saturated heterocycles. The van der Waals surface area contributed by atoms with E-state index in [0.29, 0.717) is 15.7 Å². The lowest BCUT2D eigenvalue weighted by molar-refractivity contribution is 0.568. The predicted octanol–water partition coefficient (Wildman–Crippen LogP) is 3.23. The minimum Gasteiger partial charge on any atom is -0.472 e. The second kappa shape index (κ2) is 3.52. The second-order valence-electron chi connectivity index (χ2n) is 2.70. The van der Waals surface area contributed by atoms with Crippen LogP contribution in [0.2, 0.25) is 10.0 Å². The van der Waals surface area contributed by atoms with Crippen LogP contribution >= 0.6 is 23.2 Å². The fourth-order valence-electron chi connectivity index (χ4n) is 1.08. The summed E-state index contributed by atoms with van der Waals surface area (Å²) in [5.41, 5.74) is 6.91. The minimum atomic E-state index is 0.257. The molecule has 0 spiro atoms. The van der Waals surface area contributed by atoms with E-state index in [1.54, 1.807) is 18.4 Å². The van der Waals surface area contributed by atoms with Gasteiger partial charge in [-0.2, -0.15) is 0 Å². The molecule has 2 aromatic rings. The van der Waals surface area contributed by atoms with Crippen molar-refractivity contribution in [2.24, 2.45) is 0 Å². The molecule has 0 atom stereocenters. The lowest BCUT2D eigenvalue weighted by Gasteiger charge is -2.03. The fraction of sp³-hybridized carbons (Fsp3) is 0. The fourth-order valence-corrected chi connectivity index (χ4v) is 1.55. The van der Waals surface area contributed by atoms with E-state index in [0.717, 1.165) is 5.56 Å². The molecule has 0 saturated carbocycles. The Hall–Kier alpha value is -1.19. The first-order valence-corrected chi connectivity index (χ1v) is 4.58. The normalized spacial score (nSPS) is 10.4. The topological polar surface area (TPSA) is 52.0 Å². The van der Waals surface area contributed by atoms with Crippen LogP contribution in [-0.2, 0) is 0 Å². The highest BCUT2D eigenvalue weighted by atomic mass is 35.5. The van der Waals surface area contributed by atoms with Crippen LogP contribution in [0.15, 0.2) is 29.1 Å². The van der Waals surface area contributed by atoms with Crippen molar-refractivity contribution in [1.82, 2.24) is 4.98 Å². The number of nitrogen functional groups attached to an aromatic ring is 1. The van der Waals surface area contributed by atoms with Crippen LogP contribution in [-0.4, -0.2) is 4.98 Å². The van der Waals surface area contributed by atoms with Crippen LogP contribution in [0.3, 0.4) is 0 Å². The summed E-state index contributed by atoms with van der Waals surface area (Å²) in [5, 5.41) is 0.799. The summed E-state index contributed by atoms with van der Waals surface area (Å²) in [6, 6.07) is 3.31. The molecule has 0 fully saturated rings. The molecule has 72 valence electrons. The number of pyridine rings is 1. The molecule has 2 N–H and O–H groups in total. The summed E-state index contributed by atoms with van der Waals surface area (Å²) in [5.74, 6) is 0.257. The molecular weight excluding hydrogens is 223 g/mol. The molecule has 3 nitrogen and oxygen atoms in total. The Balaban J connectivity index is 2.60. The SMILES string of the molecule is Nc1nc(-c2ccoc2)c(Cl)cc1Cl. The first-order chi connectivity index (χ1) is 6.68. The quantitative estimate of drug-likeness (QED) is 0.816. The average Bonchev–Trinajstić information content (AvgIpc) is 2.64. The van der Waals surface area contributed by atoms with Crippen LogP contribution in [0, 0.1) is 0 Å². The summed E-state index contributed by atoms with van der Waals surface area (Å²) < 4.78 is 4.92. The largest absolute Gasteiger partial charge is 0.472 e. The van der Waals surface area contributed by atoms with Gasteiger partial charge in [0, 0.05) is 5.56 Å². The van der Waals surface area contributed by atoms with Crippen LogP contribution in [0.25, 0.3) is 11.3 Å². The van der Waals surface area contributed by atoms with E-state index < -0.39 is 0 Å². The molecule has 0 unspecified atom stereocenters. The maximum atomic E-state index is 5.95. The van der Waals surface area contributed by atoms with Crippen molar-refractivity contribution in [1.29, 1.82) is 0 Å². The predicted molar refractivity (Wildman–Crippen MR) is 56.4 cm³/mol. The van der Waals surface area contributed by atoms with Gasteiger partial charge in [-0.3, -0.25) is 0 Å². The van der Waals surface area contributed by atoms with Gasteiger partial charge in [-0.25, -0.2) is 4.98 Å². The van der Waals surface area contributed by atoms with Crippen LogP contribution in [0.4, 0.5) is 5.82 Å². The monoisotopic (exact) mass is 228 g/mol. The smallest absolute Gasteiger partial charge is 0.143 e. The summed E-state index contributed by atoms with van der Waals surface area (Å²) in [4.78, 5) is 4.07. The zero-order valence-electron chi connectivity index (χ0n) is 7.00. The lowest BCUT2D eigenvalue weighted by Crippen LogP contribution is -1.93. The Morgan fingerprint density at radius 3 is 2.71 bits per heavy atom. The molecule has 5 heteroatoms. The highest BCUT2D eigenvalue weighted by Gasteiger charge is 2.09. The number of nitrogens with two attached hydrogens (primary N) is 1. The Bertz CT molecular complexity index is 454. The summed E-state index contributed by atoms with van der Waals surface area (Å²) in [7, 11) is 0. The van der Waals surface area contributed by atoms with Gasteiger partial charge in [0.25, 0.3) is 0 Å². The lowest BCUT2D eigenvalue weighted by atomic mass is 10.2. The highest BCUT2D eigenvalue weighted by molar-refractivity contribution is 6.37. The minimum absolute atomic E-state index is 0.257. The first-order valence-electron chi connectivity index (χ1n) is 3.82. The third kappa shape index (κ3) is 1.56. The molecule has 2 heterocycles. The Morgan fingerprint density at radius 2 is 2.07 bits per heavy atom. The Kier molecular flexibility index (Phi) is 2.35. The molecule has 2 aromatic heterocycles. The Labute approximate surface area is 90.4 Å². The maximum Gasteiger partial charge on any atom is 0.143 e. The van der Waals surface area contributed by atoms with E-state index in [9.17, 15) is 0 Å². The summed E-state index contributed by atoms with van der Waals surface area (Å²) in [6.45, 7) is 0. The molecule has 0 aliphatic carbocycles. The van der Waals surface area contributed by atoms with Crippen LogP contribution < -0.4 is 5.73 Å². The summed E-state index contributed by atoms with van der Waals surface area (Å²) in [6.07, 6.45) is 3.08. The van der Waals surface area contributed by atoms with Gasteiger partial charge in [-0.1, -0.05) is 23.2 Å². The van der Waals surface area contributed by atoms with Crippen LogP contribution in [0.5, 0.6) is 0 Å². The van der Waals surface area contributed by atoms with Crippen molar-refractivity contribution < 1.29 is 4.42 Å². The van der Waals surface area contributed by atoms with E-state index in [1.807, 2.05) is 0 Å². The molecule has 0 aromatic carbocycles.